The largest absolute Gasteiger partial charge is 0.385 e. The molecule has 2 unspecified atom stereocenters. The summed E-state index contributed by atoms with van der Waals surface area (Å²) >= 11 is 0. The van der Waals surface area contributed by atoms with Gasteiger partial charge in [0.25, 0.3) is 0 Å². The van der Waals surface area contributed by atoms with E-state index in [9.17, 15) is 5.11 Å². The third-order valence-corrected chi connectivity index (χ3v) is 4.00. The van der Waals surface area contributed by atoms with Gasteiger partial charge >= 0.3 is 0 Å². The Labute approximate surface area is 95.0 Å². The zero-order chi connectivity index (χ0) is 11.3. The molecule has 3 rings (SSSR count). The van der Waals surface area contributed by atoms with Gasteiger partial charge in [-0.1, -0.05) is 5.16 Å². The number of fused-ring (bicyclic) bond motifs is 2. The minimum atomic E-state index is -0.731. The lowest BCUT2D eigenvalue weighted by Gasteiger charge is -2.37. The van der Waals surface area contributed by atoms with Crippen LogP contribution in [0.4, 0.5) is 0 Å². The van der Waals surface area contributed by atoms with E-state index in [1.165, 1.54) is 12.8 Å². The van der Waals surface area contributed by atoms with Gasteiger partial charge in [0.15, 0.2) is 0 Å². The van der Waals surface area contributed by atoms with Crippen molar-refractivity contribution in [3.63, 3.8) is 0 Å². The summed E-state index contributed by atoms with van der Waals surface area (Å²) in [5.74, 6) is 0.765. The van der Waals surface area contributed by atoms with Crippen molar-refractivity contribution in [2.24, 2.45) is 0 Å². The summed E-state index contributed by atoms with van der Waals surface area (Å²) in [6.45, 7) is 3.80. The fourth-order valence-corrected chi connectivity index (χ4v) is 3.47. The Morgan fingerprint density at radius 2 is 1.94 bits per heavy atom. The Morgan fingerprint density at radius 1 is 1.31 bits per heavy atom. The lowest BCUT2D eigenvalue weighted by molar-refractivity contribution is -0.0130. The molecule has 0 spiro atoms. The number of aliphatic hydroxyl groups is 1. The van der Waals surface area contributed by atoms with E-state index < -0.39 is 5.60 Å². The highest BCUT2D eigenvalue weighted by Crippen LogP contribution is 2.42. The molecule has 1 aromatic heterocycles. The Balaban J connectivity index is 1.99. The van der Waals surface area contributed by atoms with Crippen LogP contribution in [0.25, 0.3) is 0 Å². The standard InChI is InChI=1S/C12H18N2O2/c1-7-11(8(2)16-14-7)12(15)5-9-3-4-10(6-12)13-9/h9-10,13,15H,3-6H2,1-2H3. The number of hydrogen-bond acceptors (Lipinski definition) is 4. The minimum Gasteiger partial charge on any atom is -0.385 e. The quantitative estimate of drug-likeness (QED) is 0.754. The zero-order valence-corrected chi connectivity index (χ0v) is 9.79. The molecule has 2 bridgehead atoms. The molecule has 0 radical (unpaired) electrons. The number of aromatic nitrogens is 1. The predicted octanol–water partition coefficient (Wildman–Crippen LogP) is 1.39. The maximum absolute atomic E-state index is 10.8. The molecule has 2 fully saturated rings. The molecule has 4 heteroatoms. The van der Waals surface area contributed by atoms with Crippen LogP contribution in [0.5, 0.6) is 0 Å². The smallest absolute Gasteiger partial charge is 0.140 e. The summed E-state index contributed by atoms with van der Waals surface area (Å²) < 4.78 is 5.17. The molecule has 2 saturated heterocycles. The number of nitrogens with one attached hydrogen (secondary N) is 1. The van der Waals surface area contributed by atoms with Crippen LogP contribution >= 0.6 is 0 Å². The van der Waals surface area contributed by atoms with E-state index in [1.54, 1.807) is 0 Å². The van der Waals surface area contributed by atoms with Gasteiger partial charge in [-0.15, -0.1) is 0 Å². The first-order chi connectivity index (χ1) is 7.58. The van der Waals surface area contributed by atoms with E-state index in [4.69, 9.17) is 4.52 Å². The summed E-state index contributed by atoms with van der Waals surface area (Å²) in [4.78, 5) is 0. The Kier molecular flexibility index (Phi) is 2.13. The third-order valence-electron chi connectivity index (χ3n) is 4.00. The van der Waals surface area contributed by atoms with Crippen LogP contribution in [0.2, 0.25) is 0 Å². The highest BCUT2D eigenvalue weighted by atomic mass is 16.5. The van der Waals surface area contributed by atoms with Crippen LogP contribution in [0.1, 0.15) is 42.7 Å². The predicted molar refractivity (Wildman–Crippen MR) is 59.1 cm³/mol. The number of rotatable bonds is 1. The van der Waals surface area contributed by atoms with Crippen LogP contribution in [-0.2, 0) is 5.60 Å². The molecule has 4 nitrogen and oxygen atoms in total. The van der Waals surface area contributed by atoms with Crippen molar-refractivity contribution in [3.8, 4) is 0 Å². The molecule has 1 aromatic rings. The van der Waals surface area contributed by atoms with Gasteiger partial charge < -0.3 is 14.9 Å². The number of nitrogens with zero attached hydrogens (tertiary/aromatic N) is 1. The average Bonchev–Trinajstić information content (AvgIpc) is 2.71. The van der Waals surface area contributed by atoms with Gasteiger partial charge in [-0.3, -0.25) is 0 Å². The van der Waals surface area contributed by atoms with E-state index in [-0.39, 0.29) is 0 Å². The fourth-order valence-electron chi connectivity index (χ4n) is 3.47. The minimum absolute atomic E-state index is 0.456. The Hall–Kier alpha value is -0.870. The summed E-state index contributed by atoms with van der Waals surface area (Å²) in [5, 5.41) is 18.3. The highest BCUT2D eigenvalue weighted by Gasteiger charge is 2.45. The van der Waals surface area contributed by atoms with Gasteiger partial charge in [0, 0.05) is 17.6 Å². The van der Waals surface area contributed by atoms with Crippen LogP contribution in [0.3, 0.4) is 0 Å². The molecule has 2 aliphatic heterocycles. The van der Waals surface area contributed by atoms with Crippen LogP contribution in [-0.4, -0.2) is 22.3 Å². The molecule has 0 aromatic carbocycles. The molecule has 2 N–H and O–H groups in total. The highest BCUT2D eigenvalue weighted by molar-refractivity contribution is 5.30. The normalized spacial score (nSPS) is 37.9. The number of hydrogen-bond donors (Lipinski definition) is 2. The van der Waals surface area contributed by atoms with E-state index in [2.05, 4.69) is 10.5 Å². The van der Waals surface area contributed by atoms with Gasteiger partial charge in [-0.05, 0) is 39.5 Å². The Bertz CT molecular complexity index is 382. The summed E-state index contributed by atoms with van der Waals surface area (Å²) in [7, 11) is 0. The van der Waals surface area contributed by atoms with Crippen LogP contribution in [0, 0.1) is 13.8 Å². The summed E-state index contributed by atoms with van der Waals surface area (Å²) in [6, 6.07) is 0.912. The molecule has 16 heavy (non-hydrogen) atoms. The Morgan fingerprint density at radius 3 is 2.44 bits per heavy atom. The first-order valence-corrected chi connectivity index (χ1v) is 6.00. The van der Waals surface area contributed by atoms with E-state index in [0.29, 0.717) is 12.1 Å². The first kappa shape index (κ1) is 10.3. The molecule has 0 amide bonds. The van der Waals surface area contributed by atoms with Crippen molar-refractivity contribution in [2.45, 2.75) is 57.2 Å². The van der Waals surface area contributed by atoms with Gasteiger partial charge in [-0.25, -0.2) is 0 Å². The van der Waals surface area contributed by atoms with E-state index >= 15 is 0 Å². The maximum Gasteiger partial charge on any atom is 0.140 e. The van der Waals surface area contributed by atoms with Crippen molar-refractivity contribution in [1.29, 1.82) is 0 Å². The van der Waals surface area contributed by atoms with Crippen molar-refractivity contribution in [2.75, 3.05) is 0 Å². The second kappa shape index (κ2) is 3.31. The van der Waals surface area contributed by atoms with Crippen molar-refractivity contribution in [3.05, 3.63) is 17.0 Å². The lowest BCUT2D eigenvalue weighted by Crippen LogP contribution is -2.47. The van der Waals surface area contributed by atoms with Gasteiger partial charge in [0.1, 0.15) is 5.76 Å². The number of piperidine rings is 1. The molecule has 2 aliphatic rings. The topological polar surface area (TPSA) is 58.3 Å². The van der Waals surface area contributed by atoms with Gasteiger partial charge in [0.2, 0.25) is 0 Å². The molecular weight excluding hydrogens is 204 g/mol. The summed E-state index contributed by atoms with van der Waals surface area (Å²) in [6.07, 6.45) is 3.92. The second-order valence-corrected chi connectivity index (χ2v) is 5.28. The fraction of sp³-hybridized carbons (Fsp3) is 0.750. The lowest BCUT2D eigenvalue weighted by atomic mass is 9.80. The van der Waals surface area contributed by atoms with E-state index in [0.717, 1.165) is 29.9 Å². The second-order valence-electron chi connectivity index (χ2n) is 5.28. The van der Waals surface area contributed by atoms with Crippen LogP contribution in [0.15, 0.2) is 4.52 Å². The SMILES string of the molecule is Cc1noc(C)c1C1(O)CC2CCC(C1)N2. The monoisotopic (exact) mass is 222 g/mol. The van der Waals surface area contributed by atoms with Crippen LogP contribution < -0.4 is 5.32 Å². The molecular formula is C12H18N2O2. The molecule has 3 heterocycles. The van der Waals surface area contributed by atoms with Crippen molar-refractivity contribution in [1.82, 2.24) is 10.5 Å². The molecule has 0 saturated carbocycles. The molecule has 88 valence electrons. The summed E-state index contributed by atoms with van der Waals surface area (Å²) in [5.41, 5.74) is 1.03. The molecule has 0 aliphatic carbocycles. The average molecular weight is 222 g/mol. The van der Waals surface area contributed by atoms with Gasteiger partial charge in [0.05, 0.1) is 11.3 Å². The van der Waals surface area contributed by atoms with Crippen molar-refractivity contribution < 1.29 is 9.63 Å². The first-order valence-electron chi connectivity index (χ1n) is 6.00. The maximum atomic E-state index is 10.8. The van der Waals surface area contributed by atoms with Crippen molar-refractivity contribution >= 4 is 0 Å². The zero-order valence-electron chi connectivity index (χ0n) is 9.79. The van der Waals surface area contributed by atoms with Gasteiger partial charge in [-0.2, -0.15) is 0 Å². The molecule has 2 atom stereocenters. The number of aryl methyl sites for hydroxylation is 2. The van der Waals surface area contributed by atoms with E-state index in [1.807, 2.05) is 13.8 Å². The third kappa shape index (κ3) is 1.40.